The van der Waals surface area contributed by atoms with Gasteiger partial charge in [0.1, 0.15) is 12.4 Å². The molecule has 0 aliphatic carbocycles. The van der Waals surface area contributed by atoms with Gasteiger partial charge in [-0.1, -0.05) is 30.3 Å². The van der Waals surface area contributed by atoms with Gasteiger partial charge in [0, 0.05) is 36.9 Å². The summed E-state index contributed by atoms with van der Waals surface area (Å²) in [6.45, 7) is 3.41. The van der Waals surface area contributed by atoms with Crippen LogP contribution < -0.4 is 10.1 Å². The largest absolute Gasteiger partial charge is 0.487 e. The molecule has 1 atom stereocenters. The van der Waals surface area contributed by atoms with E-state index in [9.17, 15) is 0 Å². The van der Waals surface area contributed by atoms with Gasteiger partial charge >= 0.3 is 0 Å². The lowest BCUT2D eigenvalue weighted by Gasteiger charge is -2.15. The molecule has 5 nitrogen and oxygen atoms in total. The van der Waals surface area contributed by atoms with Crippen LogP contribution in [0, 0.1) is 0 Å². The van der Waals surface area contributed by atoms with Crippen molar-refractivity contribution in [2.24, 2.45) is 0 Å². The number of ether oxygens (including phenoxy) is 1. The summed E-state index contributed by atoms with van der Waals surface area (Å²) in [5.41, 5.74) is 4.46. The Bertz CT molecular complexity index is 1010. The van der Waals surface area contributed by atoms with E-state index in [-0.39, 0.29) is 6.04 Å². The van der Waals surface area contributed by atoms with Crippen LogP contribution in [0.15, 0.2) is 91.6 Å². The maximum Gasteiger partial charge on any atom is 0.130 e. The number of benzene rings is 2. The summed E-state index contributed by atoms with van der Waals surface area (Å²) in [7, 11) is 0. The van der Waals surface area contributed by atoms with Crippen LogP contribution in [0.1, 0.15) is 29.8 Å². The second-order valence-corrected chi connectivity index (χ2v) is 6.92. The third-order valence-corrected chi connectivity index (χ3v) is 4.82. The number of nitrogens with zero attached hydrogens (tertiary/aromatic N) is 3. The Kier molecular flexibility index (Phi) is 5.98. The highest BCUT2D eigenvalue weighted by molar-refractivity contribution is 5.35. The Morgan fingerprint density at radius 1 is 1.00 bits per heavy atom. The Labute approximate surface area is 171 Å². The first-order chi connectivity index (χ1) is 14.3. The molecule has 0 fully saturated rings. The van der Waals surface area contributed by atoms with Crippen LogP contribution >= 0.6 is 0 Å². The number of hydrogen-bond acceptors (Lipinski definition) is 4. The molecular formula is C24H24N4O. The molecule has 0 spiro atoms. The summed E-state index contributed by atoms with van der Waals surface area (Å²) >= 11 is 0. The molecule has 0 radical (unpaired) electrons. The summed E-state index contributed by atoms with van der Waals surface area (Å²) in [4.78, 5) is 8.38. The summed E-state index contributed by atoms with van der Waals surface area (Å²) in [5.74, 6) is 0.854. The molecule has 0 bridgehead atoms. The van der Waals surface area contributed by atoms with Crippen LogP contribution in [0.2, 0.25) is 0 Å². The molecule has 0 unspecified atom stereocenters. The maximum atomic E-state index is 5.88. The van der Waals surface area contributed by atoms with Gasteiger partial charge in [0.05, 0.1) is 12.0 Å². The molecule has 5 heteroatoms. The van der Waals surface area contributed by atoms with E-state index in [0.717, 1.165) is 23.7 Å². The predicted molar refractivity (Wildman–Crippen MR) is 114 cm³/mol. The van der Waals surface area contributed by atoms with E-state index in [4.69, 9.17) is 4.74 Å². The van der Waals surface area contributed by atoms with Crippen molar-refractivity contribution in [1.29, 1.82) is 0 Å². The van der Waals surface area contributed by atoms with Gasteiger partial charge in [-0.25, -0.2) is 4.98 Å². The fourth-order valence-corrected chi connectivity index (χ4v) is 3.12. The Hall–Kier alpha value is -3.44. The van der Waals surface area contributed by atoms with Crippen molar-refractivity contribution in [2.75, 3.05) is 0 Å². The Morgan fingerprint density at radius 2 is 1.90 bits per heavy atom. The van der Waals surface area contributed by atoms with E-state index >= 15 is 0 Å². The summed E-state index contributed by atoms with van der Waals surface area (Å²) in [6, 6.07) is 22.8. The van der Waals surface area contributed by atoms with Crippen molar-refractivity contribution in [3.8, 4) is 11.4 Å². The topological polar surface area (TPSA) is 52.0 Å². The zero-order chi connectivity index (χ0) is 19.9. The van der Waals surface area contributed by atoms with E-state index < -0.39 is 0 Å². The lowest BCUT2D eigenvalue weighted by Crippen LogP contribution is -2.18. The standard InChI is InChI=1S/C24H24N4O/c1-19(21-8-10-23(11-9-21)28-14-13-25-18-28)27-16-20-5-4-7-24(15-20)29-17-22-6-2-3-12-26-22/h2-15,18-19,27H,16-17H2,1H3/t19-/m0/s1. The van der Waals surface area contributed by atoms with Crippen LogP contribution in [0.5, 0.6) is 5.75 Å². The highest BCUT2D eigenvalue weighted by Gasteiger charge is 2.06. The van der Waals surface area contributed by atoms with Crippen molar-refractivity contribution in [2.45, 2.75) is 26.1 Å². The molecule has 29 heavy (non-hydrogen) atoms. The summed E-state index contributed by atoms with van der Waals surface area (Å²) in [5, 5.41) is 3.58. The summed E-state index contributed by atoms with van der Waals surface area (Å²) in [6.07, 6.45) is 7.31. The molecule has 0 saturated heterocycles. The summed E-state index contributed by atoms with van der Waals surface area (Å²) < 4.78 is 7.87. The van der Waals surface area contributed by atoms with Gasteiger partial charge in [-0.05, 0) is 54.4 Å². The zero-order valence-electron chi connectivity index (χ0n) is 16.4. The lowest BCUT2D eigenvalue weighted by atomic mass is 10.1. The third-order valence-electron chi connectivity index (χ3n) is 4.82. The minimum absolute atomic E-state index is 0.241. The van der Waals surface area contributed by atoms with Crippen molar-refractivity contribution >= 4 is 0 Å². The fourth-order valence-electron chi connectivity index (χ4n) is 3.12. The van der Waals surface area contributed by atoms with Crippen LogP contribution in [0.3, 0.4) is 0 Å². The zero-order valence-corrected chi connectivity index (χ0v) is 16.4. The number of pyridine rings is 1. The van der Waals surface area contributed by atoms with E-state index in [1.165, 1.54) is 11.1 Å². The maximum absolute atomic E-state index is 5.88. The van der Waals surface area contributed by atoms with Gasteiger partial charge < -0.3 is 14.6 Å². The van der Waals surface area contributed by atoms with E-state index in [1.807, 2.05) is 41.1 Å². The molecule has 0 aliphatic heterocycles. The van der Waals surface area contributed by atoms with Gasteiger partial charge in [0.15, 0.2) is 0 Å². The van der Waals surface area contributed by atoms with Crippen molar-refractivity contribution in [1.82, 2.24) is 19.9 Å². The molecule has 0 amide bonds. The average Bonchev–Trinajstić information content (AvgIpc) is 3.32. The number of aromatic nitrogens is 3. The van der Waals surface area contributed by atoms with Crippen molar-refractivity contribution in [3.63, 3.8) is 0 Å². The van der Waals surface area contributed by atoms with Crippen LogP contribution in [-0.4, -0.2) is 14.5 Å². The normalized spacial score (nSPS) is 11.9. The monoisotopic (exact) mass is 384 g/mol. The Balaban J connectivity index is 1.32. The predicted octanol–water partition coefficient (Wildman–Crippen LogP) is 4.70. The molecule has 0 saturated carbocycles. The second kappa shape index (κ2) is 9.17. The third kappa shape index (κ3) is 5.09. The molecule has 4 rings (SSSR count). The van der Waals surface area contributed by atoms with Gasteiger partial charge in [0.25, 0.3) is 0 Å². The van der Waals surface area contributed by atoms with Crippen LogP contribution in [0.4, 0.5) is 0 Å². The molecule has 2 heterocycles. The Morgan fingerprint density at radius 3 is 2.66 bits per heavy atom. The SMILES string of the molecule is C[C@H](NCc1cccc(OCc2ccccn2)c1)c1ccc(-n2ccnc2)cc1. The quantitative estimate of drug-likeness (QED) is 0.479. The van der Waals surface area contributed by atoms with E-state index in [1.54, 1.807) is 18.7 Å². The molecule has 2 aromatic carbocycles. The molecule has 0 aliphatic rings. The molecule has 4 aromatic rings. The van der Waals surface area contributed by atoms with Crippen LogP contribution in [0.25, 0.3) is 5.69 Å². The number of rotatable bonds is 8. The molecular weight excluding hydrogens is 360 g/mol. The van der Waals surface area contributed by atoms with E-state index in [0.29, 0.717) is 6.61 Å². The lowest BCUT2D eigenvalue weighted by molar-refractivity contribution is 0.301. The number of nitrogens with one attached hydrogen (secondary N) is 1. The first-order valence-corrected chi connectivity index (χ1v) is 9.71. The minimum Gasteiger partial charge on any atom is -0.487 e. The first kappa shape index (κ1) is 18.9. The minimum atomic E-state index is 0.241. The van der Waals surface area contributed by atoms with Gasteiger partial charge in [-0.3, -0.25) is 4.98 Å². The van der Waals surface area contributed by atoms with Gasteiger partial charge in [-0.15, -0.1) is 0 Å². The molecule has 2 aromatic heterocycles. The first-order valence-electron chi connectivity index (χ1n) is 9.71. The molecule has 1 N–H and O–H groups in total. The smallest absolute Gasteiger partial charge is 0.130 e. The van der Waals surface area contributed by atoms with E-state index in [2.05, 4.69) is 58.6 Å². The van der Waals surface area contributed by atoms with Crippen molar-refractivity contribution < 1.29 is 4.74 Å². The highest BCUT2D eigenvalue weighted by Crippen LogP contribution is 2.18. The van der Waals surface area contributed by atoms with Crippen molar-refractivity contribution in [3.05, 3.63) is 108 Å². The molecule has 146 valence electrons. The highest BCUT2D eigenvalue weighted by atomic mass is 16.5. The average molecular weight is 384 g/mol. The number of hydrogen-bond donors (Lipinski definition) is 1. The second-order valence-electron chi connectivity index (χ2n) is 6.92. The van der Waals surface area contributed by atoms with Gasteiger partial charge in [0.2, 0.25) is 0 Å². The van der Waals surface area contributed by atoms with Gasteiger partial charge in [-0.2, -0.15) is 0 Å². The van der Waals surface area contributed by atoms with Crippen LogP contribution in [-0.2, 0) is 13.2 Å². The number of imidazole rings is 1. The fraction of sp³-hybridized carbons (Fsp3) is 0.167.